The molecule has 2 N–H and O–H groups in total. The summed E-state index contributed by atoms with van der Waals surface area (Å²) in [6.45, 7) is 7.18. The number of hydrogen-bond donors (Lipinski definition) is 2. The third kappa shape index (κ3) is 5.70. The van der Waals surface area contributed by atoms with Gasteiger partial charge in [-0.2, -0.15) is 0 Å². The molecule has 0 aromatic heterocycles. The molecule has 0 aromatic rings. The van der Waals surface area contributed by atoms with Crippen LogP contribution in [0, 0.1) is 11.8 Å². The van der Waals surface area contributed by atoms with Gasteiger partial charge in [-0.3, -0.25) is 0 Å². The van der Waals surface area contributed by atoms with E-state index in [1.165, 1.54) is 0 Å². The zero-order valence-electron chi connectivity index (χ0n) is 9.60. The fourth-order valence-electron chi connectivity index (χ4n) is 1.58. The van der Waals surface area contributed by atoms with E-state index in [1.54, 1.807) is 13.0 Å². The van der Waals surface area contributed by atoms with Crippen molar-refractivity contribution in [2.75, 3.05) is 0 Å². The zero-order chi connectivity index (χ0) is 11.8. The lowest BCUT2D eigenvalue weighted by atomic mass is 9.87. The first-order chi connectivity index (χ1) is 7.02. The van der Waals surface area contributed by atoms with Gasteiger partial charge in [0.1, 0.15) is 6.29 Å². The van der Waals surface area contributed by atoms with Crippen molar-refractivity contribution in [3.8, 4) is 0 Å². The average Bonchev–Trinajstić information content (AvgIpc) is 2.18. The van der Waals surface area contributed by atoms with Gasteiger partial charge in [-0.25, -0.2) is 0 Å². The maximum absolute atomic E-state index is 10.8. The largest absolute Gasteiger partial charge is 0.393 e. The van der Waals surface area contributed by atoms with Crippen molar-refractivity contribution in [2.45, 2.75) is 45.3 Å². The lowest BCUT2D eigenvalue weighted by Gasteiger charge is -2.23. The lowest BCUT2D eigenvalue weighted by Crippen LogP contribution is -2.29. The van der Waals surface area contributed by atoms with Crippen LogP contribution >= 0.6 is 0 Å². The van der Waals surface area contributed by atoms with Gasteiger partial charge in [0.25, 0.3) is 0 Å². The van der Waals surface area contributed by atoms with Crippen LogP contribution in [0.4, 0.5) is 0 Å². The molecule has 0 saturated carbocycles. The van der Waals surface area contributed by atoms with Crippen molar-refractivity contribution in [2.24, 2.45) is 11.8 Å². The molecule has 3 heteroatoms. The van der Waals surface area contributed by atoms with Gasteiger partial charge >= 0.3 is 0 Å². The Kier molecular flexibility index (Phi) is 7.26. The third-order valence-corrected chi connectivity index (χ3v) is 2.65. The number of hydrogen-bond acceptors (Lipinski definition) is 3. The number of aldehydes is 1. The van der Waals surface area contributed by atoms with E-state index in [9.17, 15) is 9.90 Å². The molecule has 0 heterocycles. The zero-order valence-corrected chi connectivity index (χ0v) is 9.60. The minimum atomic E-state index is -0.640. The van der Waals surface area contributed by atoms with E-state index in [0.29, 0.717) is 19.3 Å². The van der Waals surface area contributed by atoms with Gasteiger partial charge in [0.2, 0.25) is 0 Å². The van der Waals surface area contributed by atoms with Crippen LogP contribution in [0.5, 0.6) is 0 Å². The quantitative estimate of drug-likeness (QED) is 0.476. The van der Waals surface area contributed by atoms with E-state index in [2.05, 4.69) is 6.58 Å². The van der Waals surface area contributed by atoms with Gasteiger partial charge in [0.15, 0.2) is 0 Å². The Morgan fingerprint density at radius 3 is 2.27 bits per heavy atom. The first kappa shape index (κ1) is 14.3. The predicted octanol–water partition coefficient (Wildman–Crippen LogP) is 1.54. The molecule has 4 atom stereocenters. The summed E-state index contributed by atoms with van der Waals surface area (Å²) >= 11 is 0. The second-order valence-corrected chi connectivity index (χ2v) is 4.22. The molecule has 0 rings (SSSR count). The fraction of sp³-hybridized carbons (Fsp3) is 0.750. The molecular weight excluding hydrogens is 192 g/mol. The first-order valence-electron chi connectivity index (χ1n) is 5.45. The SMILES string of the molecule is C=CCC(C)C(O)C(C=O)CCC(C)O. The van der Waals surface area contributed by atoms with Crippen LogP contribution in [0.2, 0.25) is 0 Å². The number of aliphatic hydroxyl groups excluding tert-OH is 2. The van der Waals surface area contributed by atoms with Crippen molar-refractivity contribution in [3.05, 3.63) is 12.7 Å². The number of aliphatic hydroxyl groups is 2. The second-order valence-electron chi connectivity index (χ2n) is 4.22. The first-order valence-corrected chi connectivity index (χ1v) is 5.45. The highest BCUT2D eigenvalue weighted by atomic mass is 16.3. The Morgan fingerprint density at radius 1 is 1.27 bits per heavy atom. The number of carbonyl (C=O) groups is 1. The molecule has 15 heavy (non-hydrogen) atoms. The molecular formula is C12H22O3. The van der Waals surface area contributed by atoms with Crippen LogP contribution in [0.15, 0.2) is 12.7 Å². The van der Waals surface area contributed by atoms with Crippen LogP contribution in [0.25, 0.3) is 0 Å². The van der Waals surface area contributed by atoms with Crippen molar-refractivity contribution >= 4 is 6.29 Å². The van der Waals surface area contributed by atoms with E-state index < -0.39 is 12.2 Å². The minimum absolute atomic E-state index is 0.0340. The highest BCUT2D eigenvalue weighted by molar-refractivity contribution is 5.54. The van der Waals surface area contributed by atoms with E-state index in [-0.39, 0.29) is 11.8 Å². The van der Waals surface area contributed by atoms with Crippen LogP contribution in [0.3, 0.4) is 0 Å². The van der Waals surface area contributed by atoms with E-state index in [4.69, 9.17) is 5.11 Å². The normalized spacial score (nSPS) is 18.9. The summed E-state index contributed by atoms with van der Waals surface area (Å²) in [5, 5.41) is 19.0. The van der Waals surface area contributed by atoms with Gasteiger partial charge in [-0.15, -0.1) is 6.58 Å². The molecule has 0 aliphatic carbocycles. The Morgan fingerprint density at radius 2 is 1.87 bits per heavy atom. The van der Waals surface area contributed by atoms with Crippen LogP contribution in [-0.4, -0.2) is 28.7 Å². The molecule has 4 unspecified atom stereocenters. The van der Waals surface area contributed by atoms with Crippen LogP contribution in [-0.2, 0) is 4.79 Å². The fourth-order valence-corrected chi connectivity index (χ4v) is 1.58. The molecule has 0 fully saturated rings. The van der Waals surface area contributed by atoms with Crippen molar-refractivity contribution in [1.29, 1.82) is 0 Å². The van der Waals surface area contributed by atoms with Gasteiger partial charge in [0, 0.05) is 5.92 Å². The highest BCUT2D eigenvalue weighted by Gasteiger charge is 2.23. The number of carbonyl (C=O) groups excluding carboxylic acids is 1. The van der Waals surface area contributed by atoms with E-state index in [1.807, 2.05) is 6.92 Å². The third-order valence-electron chi connectivity index (χ3n) is 2.65. The van der Waals surface area contributed by atoms with Crippen molar-refractivity contribution < 1.29 is 15.0 Å². The summed E-state index contributed by atoms with van der Waals surface area (Å²) in [4.78, 5) is 10.8. The molecule has 0 saturated heterocycles. The highest BCUT2D eigenvalue weighted by Crippen LogP contribution is 2.20. The standard InChI is InChI=1S/C12H22O3/c1-4-5-9(2)12(15)11(8-13)7-6-10(3)14/h4,8-12,14-15H,1,5-7H2,2-3H3. The second kappa shape index (κ2) is 7.60. The van der Waals surface area contributed by atoms with Crippen LogP contribution < -0.4 is 0 Å². The summed E-state index contributed by atoms with van der Waals surface area (Å²) in [5.74, 6) is -0.346. The molecule has 0 bridgehead atoms. The molecule has 0 aliphatic heterocycles. The monoisotopic (exact) mass is 214 g/mol. The molecule has 0 spiro atoms. The molecule has 0 aromatic carbocycles. The smallest absolute Gasteiger partial charge is 0.125 e. The number of allylic oxidation sites excluding steroid dienone is 1. The predicted molar refractivity (Wildman–Crippen MR) is 60.5 cm³/mol. The van der Waals surface area contributed by atoms with Crippen molar-refractivity contribution in [1.82, 2.24) is 0 Å². The lowest BCUT2D eigenvalue weighted by molar-refractivity contribution is -0.115. The molecule has 3 nitrogen and oxygen atoms in total. The van der Waals surface area contributed by atoms with Gasteiger partial charge in [-0.05, 0) is 32.1 Å². The van der Waals surface area contributed by atoms with Gasteiger partial charge < -0.3 is 15.0 Å². The van der Waals surface area contributed by atoms with E-state index in [0.717, 1.165) is 6.29 Å². The summed E-state index contributed by atoms with van der Waals surface area (Å²) in [7, 11) is 0. The van der Waals surface area contributed by atoms with Crippen molar-refractivity contribution in [3.63, 3.8) is 0 Å². The molecule has 0 radical (unpaired) electrons. The Hall–Kier alpha value is -0.670. The van der Waals surface area contributed by atoms with Crippen LogP contribution in [0.1, 0.15) is 33.1 Å². The number of rotatable bonds is 8. The maximum atomic E-state index is 10.8. The van der Waals surface area contributed by atoms with Gasteiger partial charge in [0.05, 0.1) is 12.2 Å². The Bertz CT molecular complexity index is 189. The summed E-state index contributed by atoms with van der Waals surface area (Å²) in [6, 6.07) is 0. The minimum Gasteiger partial charge on any atom is -0.393 e. The maximum Gasteiger partial charge on any atom is 0.125 e. The average molecular weight is 214 g/mol. The summed E-state index contributed by atoms with van der Waals surface area (Å²) in [6.07, 6.45) is 3.23. The summed E-state index contributed by atoms with van der Waals surface area (Å²) < 4.78 is 0. The molecule has 0 aliphatic rings. The molecule has 88 valence electrons. The van der Waals surface area contributed by atoms with E-state index >= 15 is 0 Å². The Balaban J connectivity index is 4.13. The molecule has 0 amide bonds. The topological polar surface area (TPSA) is 57.5 Å². The Labute approximate surface area is 91.8 Å². The van der Waals surface area contributed by atoms with Gasteiger partial charge in [-0.1, -0.05) is 13.0 Å². The summed E-state index contributed by atoms with van der Waals surface area (Å²) in [5.41, 5.74) is 0.